The number of fused-ring (bicyclic) bond motifs is 1. The number of ether oxygens (including phenoxy) is 1. The van der Waals surface area contributed by atoms with Crippen LogP contribution in [0.1, 0.15) is 29.8 Å². The lowest BCUT2D eigenvalue weighted by atomic mass is 10.1. The molecule has 2 aromatic rings. The Morgan fingerprint density at radius 1 is 1.26 bits per heavy atom. The minimum Gasteiger partial charge on any atom is -0.396 e. The third-order valence-corrected chi connectivity index (χ3v) is 5.98. The van der Waals surface area contributed by atoms with Gasteiger partial charge in [-0.2, -0.15) is 5.10 Å². The number of aliphatic hydroxyl groups is 1. The molecule has 0 bridgehead atoms. The Morgan fingerprint density at radius 3 is 2.78 bits per heavy atom. The van der Waals surface area contributed by atoms with Gasteiger partial charge in [0.05, 0.1) is 36.6 Å². The molecule has 0 spiro atoms. The van der Waals surface area contributed by atoms with Gasteiger partial charge >= 0.3 is 0 Å². The number of hydrogen-bond acceptors (Lipinski definition) is 4. The number of aryl methyl sites for hydroxylation is 1. The molecule has 1 aliphatic heterocycles. The molecule has 1 saturated heterocycles. The SMILES string of the molecule is Cc1nn(-c2ccccc2)c(C)c1CC(=O)N1CCOC2C[C@H](CO)C[C@@H]21. The van der Waals surface area contributed by atoms with Gasteiger partial charge in [-0.15, -0.1) is 0 Å². The van der Waals surface area contributed by atoms with Crippen LogP contribution in [0.5, 0.6) is 0 Å². The summed E-state index contributed by atoms with van der Waals surface area (Å²) in [6, 6.07) is 10.1. The molecule has 1 aromatic carbocycles. The van der Waals surface area contributed by atoms with E-state index in [0.29, 0.717) is 19.6 Å². The number of carbonyl (C=O) groups is 1. The summed E-state index contributed by atoms with van der Waals surface area (Å²) in [5.74, 6) is 0.364. The number of aliphatic hydroxyl groups excluding tert-OH is 1. The van der Waals surface area contributed by atoms with Gasteiger partial charge in [0.25, 0.3) is 0 Å². The first-order valence-electron chi connectivity index (χ1n) is 9.71. The second-order valence-electron chi connectivity index (χ2n) is 7.66. The Hall–Kier alpha value is -2.18. The molecule has 0 radical (unpaired) electrons. The largest absolute Gasteiger partial charge is 0.396 e. The van der Waals surface area contributed by atoms with E-state index in [1.54, 1.807) is 0 Å². The Kier molecular flexibility index (Phi) is 5.02. The number of carbonyl (C=O) groups excluding carboxylic acids is 1. The number of hydrogen-bond donors (Lipinski definition) is 1. The maximum Gasteiger partial charge on any atom is 0.227 e. The Balaban J connectivity index is 1.54. The number of para-hydroxylation sites is 1. The second-order valence-corrected chi connectivity index (χ2v) is 7.66. The van der Waals surface area contributed by atoms with Crippen LogP contribution in [0.4, 0.5) is 0 Å². The third kappa shape index (κ3) is 3.39. The minimum absolute atomic E-state index is 0.0640. The first kappa shape index (κ1) is 18.2. The average Bonchev–Trinajstić information content (AvgIpc) is 3.24. The Morgan fingerprint density at radius 2 is 2.04 bits per heavy atom. The van der Waals surface area contributed by atoms with E-state index in [4.69, 9.17) is 4.74 Å². The van der Waals surface area contributed by atoms with Gasteiger partial charge in [-0.1, -0.05) is 18.2 Å². The molecule has 2 heterocycles. The van der Waals surface area contributed by atoms with Gasteiger partial charge in [-0.25, -0.2) is 4.68 Å². The predicted molar refractivity (Wildman–Crippen MR) is 102 cm³/mol. The van der Waals surface area contributed by atoms with Crippen molar-refractivity contribution in [1.82, 2.24) is 14.7 Å². The van der Waals surface area contributed by atoms with Crippen molar-refractivity contribution >= 4 is 5.91 Å². The van der Waals surface area contributed by atoms with Crippen molar-refractivity contribution in [3.05, 3.63) is 47.3 Å². The normalized spacial score (nSPS) is 24.9. The van der Waals surface area contributed by atoms with Gasteiger partial charge in [0.2, 0.25) is 5.91 Å². The van der Waals surface area contributed by atoms with Crippen molar-refractivity contribution in [1.29, 1.82) is 0 Å². The van der Waals surface area contributed by atoms with E-state index in [-0.39, 0.29) is 30.6 Å². The lowest BCUT2D eigenvalue weighted by Crippen LogP contribution is -2.51. The zero-order chi connectivity index (χ0) is 19.0. The van der Waals surface area contributed by atoms with E-state index in [9.17, 15) is 9.90 Å². The van der Waals surface area contributed by atoms with Crippen LogP contribution in [-0.4, -0.2) is 57.6 Å². The van der Waals surface area contributed by atoms with Crippen LogP contribution < -0.4 is 0 Å². The summed E-state index contributed by atoms with van der Waals surface area (Å²) < 4.78 is 7.77. The molecule has 2 fully saturated rings. The minimum atomic E-state index is 0.0640. The lowest BCUT2D eigenvalue weighted by Gasteiger charge is -2.37. The molecule has 4 rings (SSSR count). The summed E-state index contributed by atoms with van der Waals surface area (Å²) in [7, 11) is 0. The highest BCUT2D eigenvalue weighted by atomic mass is 16.5. The highest BCUT2D eigenvalue weighted by Gasteiger charge is 2.42. The van der Waals surface area contributed by atoms with Crippen LogP contribution in [0, 0.1) is 19.8 Å². The van der Waals surface area contributed by atoms with Gasteiger partial charge in [-0.3, -0.25) is 4.79 Å². The van der Waals surface area contributed by atoms with Gasteiger partial charge in [0.15, 0.2) is 0 Å². The molecule has 6 nitrogen and oxygen atoms in total. The topological polar surface area (TPSA) is 67.6 Å². The quantitative estimate of drug-likeness (QED) is 0.895. The number of amides is 1. The molecule has 1 amide bonds. The smallest absolute Gasteiger partial charge is 0.227 e. The van der Waals surface area contributed by atoms with Crippen LogP contribution in [0.15, 0.2) is 30.3 Å². The molecule has 3 atom stereocenters. The van der Waals surface area contributed by atoms with Crippen molar-refractivity contribution in [3.63, 3.8) is 0 Å². The van der Waals surface area contributed by atoms with Crippen LogP contribution >= 0.6 is 0 Å². The number of nitrogens with zero attached hydrogens (tertiary/aromatic N) is 3. The molecule has 1 unspecified atom stereocenters. The van der Waals surface area contributed by atoms with E-state index < -0.39 is 0 Å². The first-order chi connectivity index (χ1) is 13.1. The fraction of sp³-hybridized carbons (Fsp3) is 0.524. The van der Waals surface area contributed by atoms with Gasteiger partial charge < -0.3 is 14.7 Å². The standard InChI is InChI=1S/C21H27N3O3/c1-14-18(15(2)24(22-14)17-6-4-3-5-7-17)12-21(26)23-8-9-27-20-11-16(13-25)10-19(20)23/h3-7,16,19-20,25H,8-13H2,1-2H3/t16-,19+,20?/m1/s1. The monoisotopic (exact) mass is 369 g/mol. The summed E-state index contributed by atoms with van der Waals surface area (Å²) >= 11 is 0. The van der Waals surface area contributed by atoms with Gasteiger partial charge in [0, 0.05) is 24.4 Å². The molecule has 27 heavy (non-hydrogen) atoms. The fourth-order valence-corrected chi connectivity index (χ4v) is 4.51. The molecule has 1 N–H and O–H groups in total. The molecule has 6 heteroatoms. The molecule has 2 aliphatic rings. The maximum atomic E-state index is 13.1. The second kappa shape index (κ2) is 7.44. The molecule has 1 aliphatic carbocycles. The third-order valence-electron chi connectivity index (χ3n) is 5.98. The number of morpholine rings is 1. The van der Waals surface area contributed by atoms with Crippen LogP contribution in [0.3, 0.4) is 0 Å². The summed E-state index contributed by atoms with van der Waals surface area (Å²) in [5.41, 5.74) is 3.92. The predicted octanol–water partition coefficient (Wildman–Crippen LogP) is 2.03. The van der Waals surface area contributed by atoms with E-state index in [1.165, 1.54) is 0 Å². The molecular formula is C21H27N3O3. The number of rotatable bonds is 4. The summed E-state index contributed by atoms with van der Waals surface area (Å²) in [6.45, 7) is 5.36. The van der Waals surface area contributed by atoms with Gasteiger partial charge in [-0.05, 0) is 44.7 Å². The van der Waals surface area contributed by atoms with Crippen LogP contribution in [-0.2, 0) is 16.0 Å². The average molecular weight is 369 g/mol. The lowest BCUT2D eigenvalue weighted by molar-refractivity contribution is -0.143. The zero-order valence-electron chi connectivity index (χ0n) is 16.0. The maximum absolute atomic E-state index is 13.1. The van der Waals surface area contributed by atoms with E-state index in [0.717, 1.165) is 35.5 Å². The summed E-state index contributed by atoms with van der Waals surface area (Å²) in [4.78, 5) is 15.1. The number of benzene rings is 1. The molecule has 1 aromatic heterocycles. The Bertz CT molecular complexity index is 818. The molecule has 144 valence electrons. The highest BCUT2D eigenvalue weighted by Crippen LogP contribution is 2.34. The van der Waals surface area contributed by atoms with E-state index in [1.807, 2.05) is 53.8 Å². The van der Waals surface area contributed by atoms with Crippen molar-refractivity contribution in [2.24, 2.45) is 5.92 Å². The summed E-state index contributed by atoms with van der Waals surface area (Å²) in [5, 5.41) is 14.1. The first-order valence-corrected chi connectivity index (χ1v) is 9.71. The van der Waals surface area contributed by atoms with Crippen molar-refractivity contribution in [3.8, 4) is 5.69 Å². The van der Waals surface area contributed by atoms with Crippen molar-refractivity contribution in [2.45, 2.75) is 45.3 Å². The summed E-state index contributed by atoms with van der Waals surface area (Å²) in [6.07, 6.45) is 2.09. The Labute approximate surface area is 159 Å². The highest BCUT2D eigenvalue weighted by molar-refractivity contribution is 5.80. The van der Waals surface area contributed by atoms with Crippen molar-refractivity contribution < 1.29 is 14.6 Å². The van der Waals surface area contributed by atoms with Crippen LogP contribution in [0.2, 0.25) is 0 Å². The van der Waals surface area contributed by atoms with Crippen LogP contribution in [0.25, 0.3) is 5.69 Å². The van der Waals surface area contributed by atoms with E-state index >= 15 is 0 Å². The number of aromatic nitrogens is 2. The molecular weight excluding hydrogens is 342 g/mol. The fourth-order valence-electron chi connectivity index (χ4n) is 4.51. The van der Waals surface area contributed by atoms with Gasteiger partial charge in [0.1, 0.15) is 0 Å². The zero-order valence-corrected chi connectivity index (χ0v) is 16.0. The molecule has 1 saturated carbocycles. The van der Waals surface area contributed by atoms with E-state index in [2.05, 4.69) is 5.10 Å². The van der Waals surface area contributed by atoms with Crippen molar-refractivity contribution in [2.75, 3.05) is 19.8 Å².